The number of aliphatic hydroxyl groups is 1. The number of aromatic nitrogens is 3. The van der Waals surface area contributed by atoms with Gasteiger partial charge in [-0.1, -0.05) is 32.8 Å². The number of fused-ring (bicyclic) bond motifs is 1. The smallest absolute Gasteiger partial charge is 0.253 e. The summed E-state index contributed by atoms with van der Waals surface area (Å²) in [7, 11) is 0. The van der Waals surface area contributed by atoms with Crippen LogP contribution in [0.15, 0.2) is 42.7 Å². The highest BCUT2D eigenvalue weighted by molar-refractivity contribution is 6.02. The molecule has 1 saturated carbocycles. The summed E-state index contributed by atoms with van der Waals surface area (Å²) in [6.45, 7) is 4.30. The Hall–Kier alpha value is -2.60. The van der Waals surface area contributed by atoms with Gasteiger partial charge in [0, 0.05) is 31.0 Å². The first-order chi connectivity index (χ1) is 13.5. The monoisotopic (exact) mass is 380 g/mol. The van der Waals surface area contributed by atoms with Crippen molar-refractivity contribution in [3.05, 3.63) is 48.3 Å². The van der Waals surface area contributed by atoms with Crippen molar-refractivity contribution in [2.75, 3.05) is 13.2 Å². The van der Waals surface area contributed by atoms with Crippen molar-refractivity contribution in [2.45, 2.75) is 45.6 Å². The van der Waals surface area contributed by atoms with Crippen LogP contribution in [0.2, 0.25) is 0 Å². The van der Waals surface area contributed by atoms with E-state index in [0.717, 1.165) is 29.7 Å². The molecule has 1 aliphatic rings. The summed E-state index contributed by atoms with van der Waals surface area (Å²) < 4.78 is 4.19. The third kappa shape index (κ3) is 3.44. The normalized spacial score (nSPS) is 15.4. The Balaban J connectivity index is 1.72. The molecular formula is C22H28N4O2. The number of nitrogens with zero attached hydrogens (tertiary/aromatic N) is 3. The van der Waals surface area contributed by atoms with E-state index in [2.05, 4.69) is 19.5 Å². The molecule has 3 aromatic heterocycles. The molecule has 1 fully saturated rings. The van der Waals surface area contributed by atoms with Gasteiger partial charge in [-0.15, -0.1) is 0 Å². The molecule has 6 nitrogen and oxygen atoms in total. The van der Waals surface area contributed by atoms with Gasteiger partial charge in [-0.05, 0) is 37.1 Å². The zero-order chi connectivity index (χ0) is 19.7. The van der Waals surface area contributed by atoms with Crippen molar-refractivity contribution in [2.24, 2.45) is 5.41 Å². The SMILES string of the molecule is CC(C)(CO)CNC(=O)c1cc(-c2ccnn2C2CCCC2)n2ccccc12. The van der Waals surface area contributed by atoms with E-state index in [0.29, 0.717) is 18.2 Å². The van der Waals surface area contributed by atoms with Crippen molar-refractivity contribution in [1.29, 1.82) is 0 Å². The summed E-state index contributed by atoms with van der Waals surface area (Å²) in [5.41, 5.74) is 3.18. The number of aliphatic hydroxyl groups excluding tert-OH is 1. The second kappa shape index (κ2) is 7.43. The van der Waals surface area contributed by atoms with Crippen LogP contribution in [0, 0.1) is 5.41 Å². The summed E-state index contributed by atoms with van der Waals surface area (Å²) in [6, 6.07) is 10.3. The predicted molar refractivity (Wildman–Crippen MR) is 109 cm³/mol. The lowest BCUT2D eigenvalue weighted by molar-refractivity contribution is 0.0913. The number of carbonyl (C=O) groups excluding carboxylic acids is 1. The molecule has 3 heterocycles. The van der Waals surface area contributed by atoms with E-state index >= 15 is 0 Å². The Kier molecular flexibility index (Phi) is 4.98. The van der Waals surface area contributed by atoms with E-state index in [1.165, 1.54) is 12.8 Å². The average Bonchev–Trinajstić information content (AvgIpc) is 3.44. The highest BCUT2D eigenvalue weighted by Crippen LogP contribution is 2.34. The number of amides is 1. The number of nitrogens with one attached hydrogen (secondary N) is 1. The summed E-state index contributed by atoms with van der Waals surface area (Å²) >= 11 is 0. The van der Waals surface area contributed by atoms with Gasteiger partial charge >= 0.3 is 0 Å². The molecule has 0 aliphatic heterocycles. The molecule has 0 atom stereocenters. The van der Waals surface area contributed by atoms with Crippen LogP contribution in [0.4, 0.5) is 0 Å². The standard InChI is InChI=1S/C22H28N4O2/c1-22(2,15-27)14-23-21(28)17-13-20(25-12-6-5-9-18(17)25)19-10-11-24-26(19)16-7-3-4-8-16/h5-6,9-13,16,27H,3-4,7-8,14-15H2,1-2H3,(H,23,28). The van der Waals surface area contributed by atoms with Gasteiger partial charge in [0.1, 0.15) is 0 Å². The number of carbonyl (C=O) groups is 1. The molecule has 3 aromatic rings. The van der Waals surface area contributed by atoms with Crippen LogP contribution in [0.5, 0.6) is 0 Å². The lowest BCUT2D eigenvalue weighted by Crippen LogP contribution is -2.36. The van der Waals surface area contributed by atoms with Crippen molar-refractivity contribution in [3.63, 3.8) is 0 Å². The molecule has 0 bridgehead atoms. The molecular weight excluding hydrogens is 352 g/mol. The van der Waals surface area contributed by atoms with Gasteiger partial charge in [0.2, 0.25) is 0 Å². The second-order valence-electron chi connectivity index (χ2n) is 8.50. The second-order valence-corrected chi connectivity index (χ2v) is 8.50. The maximum Gasteiger partial charge on any atom is 0.253 e. The van der Waals surface area contributed by atoms with E-state index in [1.807, 2.05) is 56.6 Å². The Labute approximate surface area is 165 Å². The van der Waals surface area contributed by atoms with Crippen LogP contribution in [0.3, 0.4) is 0 Å². The Morgan fingerprint density at radius 1 is 1.25 bits per heavy atom. The molecule has 28 heavy (non-hydrogen) atoms. The first kappa shape index (κ1) is 18.7. The van der Waals surface area contributed by atoms with Crippen LogP contribution < -0.4 is 5.32 Å². The van der Waals surface area contributed by atoms with Crippen LogP contribution >= 0.6 is 0 Å². The first-order valence-electron chi connectivity index (χ1n) is 10.0. The van der Waals surface area contributed by atoms with Crippen molar-refractivity contribution < 1.29 is 9.90 Å². The third-order valence-corrected chi connectivity index (χ3v) is 5.68. The van der Waals surface area contributed by atoms with Gasteiger partial charge in [-0.25, -0.2) is 0 Å². The Morgan fingerprint density at radius 2 is 2.04 bits per heavy atom. The molecule has 1 amide bonds. The Bertz CT molecular complexity index is 980. The topological polar surface area (TPSA) is 71.6 Å². The lowest BCUT2D eigenvalue weighted by Gasteiger charge is -2.21. The largest absolute Gasteiger partial charge is 0.396 e. The van der Waals surface area contributed by atoms with E-state index in [9.17, 15) is 9.90 Å². The van der Waals surface area contributed by atoms with E-state index in [-0.39, 0.29) is 17.9 Å². The third-order valence-electron chi connectivity index (χ3n) is 5.68. The van der Waals surface area contributed by atoms with Gasteiger partial charge in [0.15, 0.2) is 0 Å². The number of rotatable bonds is 6. The minimum atomic E-state index is -0.352. The number of pyridine rings is 1. The fraction of sp³-hybridized carbons (Fsp3) is 0.455. The molecule has 0 spiro atoms. The van der Waals surface area contributed by atoms with Gasteiger partial charge in [0.05, 0.1) is 28.5 Å². The molecule has 0 unspecified atom stereocenters. The molecule has 0 aromatic carbocycles. The summed E-state index contributed by atoms with van der Waals surface area (Å²) in [5.74, 6) is -0.122. The first-order valence-corrected chi connectivity index (χ1v) is 10.0. The maximum atomic E-state index is 12.9. The van der Waals surface area contributed by atoms with E-state index < -0.39 is 0 Å². The summed E-state index contributed by atoms with van der Waals surface area (Å²) in [6.07, 6.45) is 8.63. The highest BCUT2D eigenvalue weighted by Gasteiger charge is 2.24. The summed E-state index contributed by atoms with van der Waals surface area (Å²) in [4.78, 5) is 12.9. The van der Waals surface area contributed by atoms with Gasteiger partial charge in [-0.3, -0.25) is 9.48 Å². The minimum Gasteiger partial charge on any atom is -0.396 e. The Morgan fingerprint density at radius 3 is 2.79 bits per heavy atom. The van der Waals surface area contributed by atoms with E-state index in [1.54, 1.807) is 0 Å². The molecule has 6 heteroatoms. The summed E-state index contributed by atoms with van der Waals surface area (Å²) in [5, 5.41) is 17.0. The quantitative estimate of drug-likeness (QED) is 0.685. The van der Waals surface area contributed by atoms with Crippen molar-refractivity contribution in [3.8, 4) is 11.4 Å². The number of hydrogen-bond acceptors (Lipinski definition) is 3. The van der Waals surface area contributed by atoms with Gasteiger partial charge in [-0.2, -0.15) is 5.10 Å². The van der Waals surface area contributed by atoms with Crippen molar-refractivity contribution in [1.82, 2.24) is 19.5 Å². The maximum absolute atomic E-state index is 12.9. The minimum absolute atomic E-state index is 0.0234. The van der Waals surface area contributed by atoms with Crippen molar-refractivity contribution >= 4 is 11.4 Å². The zero-order valence-electron chi connectivity index (χ0n) is 16.6. The van der Waals surface area contributed by atoms with Crippen LogP contribution in [-0.4, -0.2) is 38.3 Å². The molecule has 0 radical (unpaired) electrons. The molecule has 1 aliphatic carbocycles. The van der Waals surface area contributed by atoms with Gasteiger partial charge in [0.25, 0.3) is 5.91 Å². The molecule has 148 valence electrons. The molecule has 0 saturated heterocycles. The number of hydrogen-bond donors (Lipinski definition) is 2. The average molecular weight is 380 g/mol. The fourth-order valence-corrected chi connectivity index (χ4v) is 3.96. The zero-order valence-corrected chi connectivity index (χ0v) is 16.6. The van der Waals surface area contributed by atoms with E-state index in [4.69, 9.17) is 0 Å². The predicted octanol–water partition coefficient (Wildman–Crippen LogP) is 3.67. The molecule has 2 N–H and O–H groups in total. The van der Waals surface area contributed by atoms with Gasteiger partial charge < -0.3 is 14.8 Å². The lowest BCUT2D eigenvalue weighted by atomic mass is 9.95. The van der Waals surface area contributed by atoms with Crippen LogP contribution in [0.25, 0.3) is 16.9 Å². The van der Waals surface area contributed by atoms with Crippen LogP contribution in [0.1, 0.15) is 55.9 Å². The molecule has 4 rings (SSSR count). The highest BCUT2D eigenvalue weighted by atomic mass is 16.3. The fourth-order valence-electron chi connectivity index (χ4n) is 3.96. The van der Waals surface area contributed by atoms with Crippen LogP contribution in [-0.2, 0) is 0 Å².